The van der Waals surface area contributed by atoms with Gasteiger partial charge in [-0.3, -0.25) is 14.9 Å². The van der Waals surface area contributed by atoms with Crippen molar-refractivity contribution in [3.8, 4) is 17.2 Å². The van der Waals surface area contributed by atoms with Crippen LogP contribution in [0.2, 0.25) is 0 Å². The van der Waals surface area contributed by atoms with E-state index < -0.39 is 22.3 Å². The van der Waals surface area contributed by atoms with Crippen LogP contribution in [-0.2, 0) is 17.8 Å². The smallest absolute Gasteiger partial charge is 0.311 e. The van der Waals surface area contributed by atoms with Crippen LogP contribution in [-0.4, -0.2) is 45.9 Å². The second-order valence-electron chi connectivity index (χ2n) is 7.77. The number of hydrazone groups is 1. The maximum absolute atomic E-state index is 12.7. The molecule has 1 aromatic heterocycles. The van der Waals surface area contributed by atoms with E-state index in [1.54, 1.807) is 14.2 Å². The molecular formula is C25H23N5O6. The number of nitro groups is 1. The van der Waals surface area contributed by atoms with Crippen LogP contribution in [0.3, 0.4) is 0 Å². The average Bonchev–Trinajstić information content (AvgIpc) is 3.21. The summed E-state index contributed by atoms with van der Waals surface area (Å²) in [5.74, 6) is 1.04. The summed E-state index contributed by atoms with van der Waals surface area (Å²) >= 11 is 0. The zero-order valence-electron chi connectivity index (χ0n) is 19.5. The van der Waals surface area contributed by atoms with Gasteiger partial charge in [0.25, 0.3) is 5.91 Å². The van der Waals surface area contributed by atoms with Gasteiger partial charge in [0.05, 0.1) is 36.4 Å². The van der Waals surface area contributed by atoms with Crippen LogP contribution in [0.1, 0.15) is 17.0 Å². The van der Waals surface area contributed by atoms with Crippen molar-refractivity contribution < 1.29 is 24.3 Å². The number of benzene rings is 3. The molecule has 0 spiro atoms. The van der Waals surface area contributed by atoms with E-state index in [2.05, 4.69) is 10.5 Å². The van der Waals surface area contributed by atoms with E-state index in [1.807, 2.05) is 47.0 Å². The molecular weight excluding hydrogens is 466 g/mol. The third-order valence-corrected chi connectivity index (χ3v) is 5.44. The summed E-state index contributed by atoms with van der Waals surface area (Å²) < 4.78 is 12.5. The van der Waals surface area contributed by atoms with Gasteiger partial charge in [-0.2, -0.15) is 5.10 Å². The molecule has 4 aromatic rings. The van der Waals surface area contributed by atoms with Crippen molar-refractivity contribution in [1.82, 2.24) is 15.0 Å². The number of carbonyl (C=O) groups excluding carboxylic acids is 1. The number of amides is 1. The minimum absolute atomic E-state index is 0.0454. The molecule has 2 N–H and O–H groups in total. The van der Waals surface area contributed by atoms with Crippen molar-refractivity contribution in [2.24, 2.45) is 5.10 Å². The predicted molar refractivity (Wildman–Crippen MR) is 133 cm³/mol. The van der Waals surface area contributed by atoms with E-state index in [4.69, 9.17) is 14.5 Å². The lowest BCUT2D eigenvalue weighted by Crippen LogP contribution is -2.24. The molecule has 0 unspecified atom stereocenters. The molecule has 1 heterocycles. The van der Waals surface area contributed by atoms with Crippen molar-refractivity contribution in [3.63, 3.8) is 0 Å². The lowest BCUT2D eigenvalue weighted by molar-refractivity contribution is -0.385. The fourth-order valence-corrected chi connectivity index (χ4v) is 3.73. The number of phenols is 1. The van der Waals surface area contributed by atoms with Gasteiger partial charge in [0.1, 0.15) is 12.4 Å². The number of hydrogen-bond acceptors (Lipinski definition) is 8. The lowest BCUT2D eigenvalue weighted by atomic mass is 10.1. The lowest BCUT2D eigenvalue weighted by Gasteiger charge is -2.11. The summed E-state index contributed by atoms with van der Waals surface area (Å²) in [4.78, 5) is 27.7. The van der Waals surface area contributed by atoms with Crippen LogP contribution < -0.4 is 14.9 Å². The first-order chi connectivity index (χ1) is 17.4. The Balaban J connectivity index is 1.54. The fraction of sp³-hybridized carbons (Fsp3) is 0.160. The summed E-state index contributed by atoms with van der Waals surface area (Å²) in [6.45, 7) is -0.0454. The molecule has 11 heteroatoms. The highest BCUT2D eigenvalue weighted by Crippen LogP contribution is 2.29. The number of nitrogens with zero attached hydrogens (tertiary/aromatic N) is 4. The van der Waals surface area contributed by atoms with Gasteiger partial charge in [-0.05, 0) is 42.0 Å². The predicted octanol–water partition coefficient (Wildman–Crippen LogP) is 3.41. The minimum atomic E-state index is -0.699. The number of ether oxygens (including phenoxy) is 2. The first-order valence-corrected chi connectivity index (χ1v) is 10.8. The molecule has 0 saturated heterocycles. The number of phenolic OH excluding ortho intramolecular Hbond substituents is 1. The molecule has 1 amide bonds. The normalized spacial score (nSPS) is 11.1. The maximum Gasteiger partial charge on any atom is 0.311 e. The van der Waals surface area contributed by atoms with E-state index >= 15 is 0 Å². The Bertz CT molecular complexity index is 1460. The van der Waals surface area contributed by atoms with Gasteiger partial charge in [0.2, 0.25) is 0 Å². The number of fused-ring (bicyclic) bond motifs is 1. The average molecular weight is 489 g/mol. The van der Waals surface area contributed by atoms with Crippen molar-refractivity contribution in [2.75, 3.05) is 14.2 Å². The summed E-state index contributed by atoms with van der Waals surface area (Å²) in [6, 6.07) is 16.9. The second kappa shape index (κ2) is 10.6. The number of nitro benzene ring substituents is 1. The molecule has 36 heavy (non-hydrogen) atoms. The van der Waals surface area contributed by atoms with Crippen molar-refractivity contribution in [2.45, 2.75) is 13.0 Å². The number of hydrogen-bond donors (Lipinski definition) is 2. The minimum Gasteiger partial charge on any atom is -0.502 e. The van der Waals surface area contributed by atoms with E-state index in [-0.39, 0.29) is 6.54 Å². The third-order valence-electron chi connectivity index (χ3n) is 5.44. The first-order valence-electron chi connectivity index (χ1n) is 10.8. The quantitative estimate of drug-likeness (QED) is 0.208. The summed E-state index contributed by atoms with van der Waals surface area (Å²) in [5.41, 5.74) is 4.81. The van der Waals surface area contributed by atoms with Gasteiger partial charge in [-0.25, -0.2) is 10.4 Å². The highest BCUT2D eigenvalue weighted by Gasteiger charge is 2.16. The molecule has 184 valence electrons. The Morgan fingerprint density at radius 1 is 1.14 bits per heavy atom. The highest BCUT2D eigenvalue weighted by molar-refractivity contribution is 5.84. The molecule has 0 saturated carbocycles. The standard InChI is InChI=1S/C25H23N5O6/c1-35-22-10-8-16(12-23(22)36-2)13-24-27-18-5-3-4-6-19(18)29(24)15-25(32)28-26-14-17-7-9-21(31)20(11-17)30(33)34/h3-12,14,31H,13,15H2,1-2H3,(H,28,32). The Morgan fingerprint density at radius 2 is 1.92 bits per heavy atom. The molecule has 4 rings (SSSR count). The Kier molecular flexibility index (Phi) is 7.10. The number of methoxy groups -OCH3 is 2. The summed E-state index contributed by atoms with van der Waals surface area (Å²) in [6.07, 6.45) is 1.71. The number of para-hydroxylation sites is 2. The number of aromatic hydroxyl groups is 1. The van der Waals surface area contributed by atoms with Crippen LogP contribution in [0, 0.1) is 10.1 Å². The van der Waals surface area contributed by atoms with E-state index in [0.717, 1.165) is 22.7 Å². The Labute approximate surface area is 205 Å². The molecule has 0 bridgehead atoms. The molecule has 0 aliphatic heterocycles. The Hall–Kier alpha value is -4.93. The molecule has 0 radical (unpaired) electrons. The van der Waals surface area contributed by atoms with Gasteiger partial charge in [-0.15, -0.1) is 0 Å². The zero-order valence-corrected chi connectivity index (χ0v) is 19.5. The number of aromatic nitrogens is 2. The molecule has 0 aliphatic rings. The third kappa shape index (κ3) is 5.25. The molecule has 3 aromatic carbocycles. The number of rotatable bonds is 9. The molecule has 0 aliphatic carbocycles. The largest absolute Gasteiger partial charge is 0.502 e. The zero-order chi connectivity index (χ0) is 25.7. The van der Waals surface area contributed by atoms with Crippen molar-refractivity contribution in [1.29, 1.82) is 0 Å². The van der Waals surface area contributed by atoms with Gasteiger partial charge in [0.15, 0.2) is 17.2 Å². The van der Waals surface area contributed by atoms with Crippen molar-refractivity contribution in [3.05, 3.63) is 87.7 Å². The Morgan fingerprint density at radius 3 is 2.67 bits per heavy atom. The van der Waals surface area contributed by atoms with Gasteiger partial charge in [0, 0.05) is 18.1 Å². The van der Waals surface area contributed by atoms with Gasteiger partial charge >= 0.3 is 5.69 Å². The molecule has 11 nitrogen and oxygen atoms in total. The maximum atomic E-state index is 12.7. The number of nitrogens with one attached hydrogen (secondary N) is 1. The SMILES string of the molecule is COc1ccc(Cc2nc3ccccc3n2CC(=O)NN=Cc2ccc(O)c([N+](=O)[O-])c2)cc1OC. The van der Waals surface area contributed by atoms with Crippen molar-refractivity contribution >= 4 is 28.8 Å². The molecule has 0 fully saturated rings. The number of carbonyl (C=O) groups is 1. The van der Waals surface area contributed by atoms with E-state index in [9.17, 15) is 20.0 Å². The summed E-state index contributed by atoms with van der Waals surface area (Å²) in [7, 11) is 3.14. The topological polar surface area (TPSA) is 141 Å². The van der Waals surface area contributed by atoms with E-state index in [1.165, 1.54) is 18.3 Å². The summed E-state index contributed by atoms with van der Waals surface area (Å²) in [5, 5.41) is 24.4. The van der Waals surface area contributed by atoms with Crippen LogP contribution in [0.4, 0.5) is 5.69 Å². The second-order valence-corrected chi connectivity index (χ2v) is 7.77. The molecule has 0 atom stereocenters. The van der Waals surface area contributed by atoms with Crippen LogP contribution in [0.5, 0.6) is 17.2 Å². The monoisotopic (exact) mass is 489 g/mol. The van der Waals surface area contributed by atoms with Crippen LogP contribution in [0.15, 0.2) is 65.8 Å². The van der Waals surface area contributed by atoms with Gasteiger partial charge in [-0.1, -0.05) is 18.2 Å². The van der Waals surface area contributed by atoms with Crippen LogP contribution in [0.25, 0.3) is 11.0 Å². The van der Waals surface area contributed by atoms with Gasteiger partial charge < -0.3 is 19.1 Å². The number of imidazole rings is 1. The highest BCUT2D eigenvalue weighted by atomic mass is 16.6. The van der Waals surface area contributed by atoms with E-state index in [0.29, 0.717) is 29.3 Å². The van der Waals surface area contributed by atoms with Crippen LogP contribution >= 0.6 is 0 Å². The fourth-order valence-electron chi connectivity index (χ4n) is 3.73. The first kappa shape index (κ1) is 24.2.